The van der Waals surface area contributed by atoms with Crippen LogP contribution in [0.4, 0.5) is 0 Å². The maximum atomic E-state index is 11.0. The van der Waals surface area contributed by atoms with Crippen LogP contribution in [0.2, 0.25) is 0 Å². The number of carbonyl (C=O) groups is 2. The number of aromatic carboxylic acids is 1. The summed E-state index contributed by atoms with van der Waals surface area (Å²) in [4.78, 5) is 25.7. The molecule has 0 aliphatic carbocycles. The second kappa shape index (κ2) is 4.51. The second-order valence-electron chi connectivity index (χ2n) is 2.63. The van der Waals surface area contributed by atoms with Gasteiger partial charge in [-0.1, -0.05) is 0 Å². The molecule has 14 heavy (non-hydrogen) atoms. The van der Waals surface area contributed by atoms with Crippen molar-refractivity contribution in [1.29, 1.82) is 0 Å². The van der Waals surface area contributed by atoms with Gasteiger partial charge in [0.05, 0.1) is 0 Å². The molecule has 0 saturated heterocycles. The van der Waals surface area contributed by atoms with Crippen molar-refractivity contribution in [3.05, 3.63) is 29.3 Å². The van der Waals surface area contributed by atoms with E-state index in [0.717, 1.165) is 3.12 Å². The molecule has 0 bridgehead atoms. The van der Waals surface area contributed by atoms with Crippen LogP contribution in [0.5, 0.6) is 0 Å². The molecule has 1 rings (SSSR count). The van der Waals surface area contributed by atoms with E-state index in [1.54, 1.807) is 6.07 Å². The number of hydrogen-bond acceptors (Lipinski definition) is 4. The molecule has 0 unspecified atom stereocenters. The summed E-state index contributed by atoms with van der Waals surface area (Å²) in [5.41, 5.74) is 0.247. The van der Waals surface area contributed by atoms with Crippen LogP contribution in [0.15, 0.2) is 18.2 Å². The predicted molar refractivity (Wildman–Crippen MR) is 42.6 cm³/mol. The molecule has 0 aliphatic rings. The monoisotopic (exact) mass is 294 g/mol. The Kier molecular flexibility index (Phi) is 3.58. The van der Waals surface area contributed by atoms with Gasteiger partial charge >= 0.3 is 95.6 Å². The van der Waals surface area contributed by atoms with Gasteiger partial charge in [-0.15, -0.1) is 0 Å². The van der Waals surface area contributed by atoms with E-state index in [4.69, 9.17) is 11.0 Å². The Labute approximate surface area is 95.5 Å². The van der Waals surface area contributed by atoms with Gasteiger partial charge < -0.3 is 0 Å². The van der Waals surface area contributed by atoms with Gasteiger partial charge in [-0.2, -0.15) is 0 Å². The molecule has 6 heteroatoms. The van der Waals surface area contributed by atoms with Gasteiger partial charge in [-0.05, 0) is 0 Å². The van der Waals surface area contributed by atoms with Crippen LogP contribution < -0.4 is 9.02 Å². The Morgan fingerprint density at radius 1 is 1.29 bits per heavy atom. The van der Waals surface area contributed by atoms with Gasteiger partial charge in [0, 0.05) is 0 Å². The molecule has 0 radical (unpaired) electrons. The fraction of sp³-hybridized carbons (Fsp3) is 0. The first-order valence-electron chi connectivity index (χ1n) is 3.66. The van der Waals surface area contributed by atoms with Crippen LogP contribution in [-0.4, -0.2) is 17.0 Å². The number of hydrogen-bond donors (Lipinski definition) is 2. The van der Waals surface area contributed by atoms with Crippen LogP contribution in [-0.2, 0) is 30.6 Å². The van der Waals surface area contributed by atoms with Crippen molar-refractivity contribution in [3.63, 3.8) is 0 Å². The Hall–Kier alpha value is -0.958. The minimum atomic E-state index is -1.07. The molecule has 1 aromatic rings. The molecule has 0 fully saturated rings. The van der Waals surface area contributed by atoms with Crippen LogP contribution in [0, 0.1) is 0 Å². The minimum absolute atomic E-state index is 0.0753. The van der Waals surface area contributed by atoms with E-state index in [-0.39, 0.29) is 11.1 Å². The van der Waals surface area contributed by atoms with Gasteiger partial charge in [0.15, 0.2) is 0 Å². The molecule has 0 saturated carbocycles. The molecule has 0 aliphatic heterocycles. The van der Waals surface area contributed by atoms with Gasteiger partial charge in [-0.25, -0.2) is 0 Å². The average Bonchev–Trinajstić information content (AvgIpc) is 2.15. The first-order valence-corrected chi connectivity index (χ1v) is 5.68. The van der Waals surface area contributed by atoms with E-state index in [1.807, 2.05) is 0 Å². The number of benzene rings is 1. The fourth-order valence-corrected chi connectivity index (χ4v) is 2.26. The zero-order valence-electron chi connectivity index (χ0n) is 7.19. The standard InChI is InChI=1S/C8H6NO4.Cd/c9-13-8(12)6-3-1-2-5(4-6)7(10)11;/h2-4H,9H2,(H,10,11);. The normalized spacial score (nSPS) is 9.64. The van der Waals surface area contributed by atoms with Crippen molar-refractivity contribution in [3.8, 4) is 0 Å². The molecule has 69 valence electrons. The molecule has 0 atom stereocenters. The molecular formula is C8H6CdNO4. The summed E-state index contributed by atoms with van der Waals surface area (Å²) < 4.78 is 0.828. The molecule has 0 spiro atoms. The second-order valence-corrected chi connectivity index (χ2v) is 4.96. The third-order valence-electron chi connectivity index (χ3n) is 1.58. The fourth-order valence-electron chi connectivity index (χ4n) is 1.00. The van der Waals surface area contributed by atoms with Crippen LogP contribution in [0.1, 0.15) is 20.7 Å². The first kappa shape index (κ1) is 11.1. The Morgan fingerprint density at radius 2 is 1.86 bits per heavy atom. The van der Waals surface area contributed by atoms with E-state index in [0.29, 0.717) is 25.8 Å². The van der Waals surface area contributed by atoms with Crippen LogP contribution in [0.25, 0.3) is 0 Å². The Morgan fingerprint density at radius 3 is 2.36 bits per heavy atom. The summed E-state index contributed by atoms with van der Waals surface area (Å²) in [5, 5.41) is 8.72. The number of carboxylic acids is 1. The quantitative estimate of drug-likeness (QED) is 0.571. The van der Waals surface area contributed by atoms with E-state index in [1.165, 1.54) is 12.1 Å². The van der Waals surface area contributed by atoms with Crippen molar-refractivity contribution in [2.45, 2.75) is 0 Å². The first-order chi connectivity index (χ1) is 6.54. The summed E-state index contributed by atoms with van der Waals surface area (Å²) in [5.74, 6) is 2.90. The third kappa shape index (κ3) is 2.51. The van der Waals surface area contributed by atoms with E-state index in [2.05, 4.69) is 4.84 Å². The summed E-state index contributed by atoms with van der Waals surface area (Å²) in [7, 11) is 0. The zero-order valence-corrected chi connectivity index (χ0v) is 11.2. The van der Waals surface area contributed by atoms with Crippen molar-refractivity contribution < 1.29 is 45.3 Å². The molecule has 3 N–H and O–H groups in total. The maximum absolute atomic E-state index is 11.0. The number of carboxylic acid groups (broad SMARTS) is 1. The summed E-state index contributed by atoms with van der Waals surface area (Å²) in [6, 6.07) is 4.35. The van der Waals surface area contributed by atoms with E-state index < -0.39 is 11.9 Å². The zero-order chi connectivity index (χ0) is 10.7. The topological polar surface area (TPSA) is 89.6 Å². The van der Waals surface area contributed by atoms with Crippen LogP contribution in [0.3, 0.4) is 0 Å². The molecular weight excluding hydrogens is 287 g/mol. The van der Waals surface area contributed by atoms with Gasteiger partial charge in [0.1, 0.15) is 0 Å². The van der Waals surface area contributed by atoms with Gasteiger partial charge in [-0.3, -0.25) is 0 Å². The molecule has 5 nitrogen and oxygen atoms in total. The molecule has 1 aromatic carbocycles. The number of rotatable bonds is 2. The summed E-state index contributed by atoms with van der Waals surface area (Å²) >= 11 is 0.423. The van der Waals surface area contributed by atoms with Gasteiger partial charge in [0.2, 0.25) is 0 Å². The SMILES string of the molecule is NOC(=O)c1c[c]([Cd])cc(C(=O)O)c1. The number of carbonyl (C=O) groups excluding carboxylic acids is 1. The van der Waals surface area contributed by atoms with E-state index >= 15 is 0 Å². The third-order valence-corrected chi connectivity index (χ3v) is 2.75. The predicted octanol–water partition coefficient (Wildman–Crippen LogP) is -0.413. The van der Waals surface area contributed by atoms with Crippen molar-refractivity contribution in [1.82, 2.24) is 0 Å². The molecule has 0 aromatic heterocycles. The van der Waals surface area contributed by atoms with Crippen molar-refractivity contribution >= 4 is 15.1 Å². The van der Waals surface area contributed by atoms with Crippen molar-refractivity contribution in [2.75, 3.05) is 0 Å². The van der Waals surface area contributed by atoms with Crippen molar-refractivity contribution in [2.24, 2.45) is 5.90 Å². The Balaban J connectivity index is 3.20. The van der Waals surface area contributed by atoms with Gasteiger partial charge in [0.25, 0.3) is 0 Å². The number of nitrogens with two attached hydrogens (primary N) is 1. The summed E-state index contributed by atoms with van der Waals surface area (Å²) in [6.07, 6.45) is 0. The summed E-state index contributed by atoms with van der Waals surface area (Å²) in [6.45, 7) is 0. The van der Waals surface area contributed by atoms with E-state index in [9.17, 15) is 9.59 Å². The van der Waals surface area contributed by atoms with Crippen LogP contribution >= 0.6 is 0 Å². The Bertz CT molecular complexity index is 391. The molecule has 0 amide bonds. The average molecular weight is 293 g/mol. The molecule has 0 heterocycles.